The van der Waals surface area contributed by atoms with Crippen LogP contribution in [0.4, 0.5) is 5.69 Å². The van der Waals surface area contributed by atoms with Crippen LogP contribution < -0.4 is 14.4 Å². The Balaban J connectivity index is 1.63. The van der Waals surface area contributed by atoms with Crippen LogP contribution in [-0.4, -0.2) is 55.0 Å². The average molecular weight is 449 g/mol. The molecular formula is C26H28N2O5. The first-order chi connectivity index (χ1) is 16.0. The molecule has 0 aromatic heterocycles. The maximum atomic E-state index is 13.3. The number of amides is 1. The molecular weight excluding hydrogens is 420 g/mol. The molecule has 5 rings (SSSR count). The van der Waals surface area contributed by atoms with Gasteiger partial charge in [0, 0.05) is 31.4 Å². The number of rotatable bonds is 4. The Labute approximate surface area is 193 Å². The number of ether oxygens (including phenoxy) is 2. The summed E-state index contributed by atoms with van der Waals surface area (Å²) in [4.78, 5) is 30.2. The number of likely N-dealkylation sites (tertiary alicyclic amines) is 1. The molecule has 172 valence electrons. The molecule has 7 heteroatoms. The van der Waals surface area contributed by atoms with Gasteiger partial charge in [-0.2, -0.15) is 0 Å². The number of aliphatic hydroxyl groups excluding tert-OH is 1. The molecule has 7 nitrogen and oxygen atoms in total. The number of hydrogen-bond donors (Lipinski definition) is 1. The number of carbonyl (C=O) groups excluding carboxylic acids is 2. The molecule has 2 aromatic carbocycles. The first kappa shape index (κ1) is 21.4. The molecule has 1 amide bonds. The minimum Gasteiger partial charge on any atom is -0.507 e. The summed E-state index contributed by atoms with van der Waals surface area (Å²) in [5, 5.41) is 11.3. The molecule has 2 fully saturated rings. The lowest BCUT2D eigenvalue weighted by Crippen LogP contribution is -2.37. The van der Waals surface area contributed by atoms with E-state index in [9.17, 15) is 14.7 Å². The fourth-order valence-electron chi connectivity index (χ4n) is 5.04. The fourth-order valence-corrected chi connectivity index (χ4v) is 5.04. The van der Waals surface area contributed by atoms with E-state index in [0.29, 0.717) is 30.3 Å². The van der Waals surface area contributed by atoms with Crippen LogP contribution in [0.5, 0.6) is 11.5 Å². The second kappa shape index (κ2) is 8.46. The highest BCUT2D eigenvalue weighted by molar-refractivity contribution is 6.46. The molecule has 0 radical (unpaired) electrons. The van der Waals surface area contributed by atoms with Crippen molar-refractivity contribution in [3.63, 3.8) is 0 Å². The van der Waals surface area contributed by atoms with Gasteiger partial charge in [-0.15, -0.1) is 0 Å². The normalized spacial score (nSPS) is 22.1. The maximum absolute atomic E-state index is 13.3. The second-order valence-corrected chi connectivity index (χ2v) is 8.99. The number of ketones is 1. The zero-order valence-electron chi connectivity index (χ0n) is 18.9. The Morgan fingerprint density at radius 3 is 2.30 bits per heavy atom. The topological polar surface area (TPSA) is 79.3 Å². The number of hydrogen-bond acceptors (Lipinski definition) is 6. The van der Waals surface area contributed by atoms with Crippen LogP contribution in [0.15, 0.2) is 48.0 Å². The molecule has 1 N–H and O–H groups in total. The summed E-state index contributed by atoms with van der Waals surface area (Å²) in [5.41, 5.74) is 2.38. The predicted octanol–water partition coefficient (Wildman–Crippen LogP) is 3.89. The van der Waals surface area contributed by atoms with Crippen molar-refractivity contribution in [1.82, 2.24) is 4.90 Å². The number of anilines is 1. The Bertz CT molecular complexity index is 1120. The SMILES string of the molecule is CN(C)c1ccc(C2/C(=C(/O)c3ccc4c(c3)OCCO4)C(=O)C(=O)N2C2CCCC2)cc1. The zero-order chi connectivity index (χ0) is 23.1. The van der Waals surface area contributed by atoms with Gasteiger partial charge in [0.05, 0.1) is 11.6 Å². The summed E-state index contributed by atoms with van der Waals surface area (Å²) in [5.74, 6) is -0.256. The van der Waals surface area contributed by atoms with Crippen LogP contribution in [0.1, 0.15) is 42.9 Å². The summed E-state index contributed by atoms with van der Waals surface area (Å²) in [6.07, 6.45) is 3.79. The van der Waals surface area contributed by atoms with Crippen molar-refractivity contribution in [2.75, 3.05) is 32.2 Å². The molecule has 2 aliphatic heterocycles. The number of fused-ring (bicyclic) bond motifs is 1. The molecule has 3 aliphatic rings. The molecule has 1 aliphatic carbocycles. The quantitative estimate of drug-likeness (QED) is 0.434. The van der Waals surface area contributed by atoms with E-state index in [0.717, 1.165) is 36.9 Å². The molecule has 1 saturated carbocycles. The third kappa shape index (κ3) is 3.71. The molecule has 2 aromatic rings. The van der Waals surface area contributed by atoms with Gasteiger partial charge >= 0.3 is 0 Å². The van der Waals surface area contributed by atoms with E-state index in [1.165, 1.54) is 0 Å². The van der Waals surface area contributed by atoms with Gasteiger partial charge in [0.15, 0.2) is 11.5 Å². The van der Waals surface area contributed by atoms with E-state index >= 15 is 0 Å². The monoisotopic (exact) mass is 448 g/mol. The van der Waals surface area contributed by atoms with Gasteiger partial charge in [0.1, 0.15) is 19.0 Å². The van der Waals surface area contributed by atoms with E-state index in [1.54, 1.807) is 23.1 Å². The number of aliphatic hydroxyl groups is 1. The van der Waals surface area contributed by atoms with E-state index in [-0.39, 0.29) is 17.4 Å². The van der Waals surface area contributed by atoms with Gasteiger partial charge in [-0.05, 0) is 48.7 Å². The number of Topliss-reactive ketones (excluding diaryl/α,β-unsaturated/α-hetero) is 1. The Hall–Kier alpha value is -3.48. The highest BCUT2D eigenvalue weighted by Crippen LogP contribution is 2.44. The highest BCUT2D eigenvalue weighted by atomic mass is 16.6. The summed E-state index contributed by atoms with van der Waals surface area (Å²) in [7, 11) is 3.92. The predicted molar refractivity (Wildman–Crippen MR) is 125 cm³/mol. The number of benzene rings is 2. The second-order valence-electron chi connectivity index (χ2n) is 8.99. The fraction of sp³-hybridized carbons (Fsp3) is 0.385. The van der Waals surface area contributed by atoms with Crippen LogP contribution in [0.3, 0.4) is 0 Å². The lowest BCUT2D eigenvalue weighted by molar-refractivity contribution is -0.141. The van der Waals surface area contributed by atoms with Crippen LogP contribution in [0, 0.1) is 0 Å². The maximum Gasteiger partial charge on any atom is 0.295 e. The molecule has 2 heterocycles. The molecule has 0 bridgehead atoms. The van der Waals surface area contributed by atoms with E-state index in [1.807, 2.05) is 43.3 Å². The number of nitrogens with zero attached hydrogens (tertiary/aromatic N) is 2. The smallest absolute Gasteiger partial charge is 0.295 e. The zero-order valence-corrected chi connectivity index (χ0v) is 18.9. The van der Waals surface area contributed by atoms with Gasteiger partial charge in [0.2, 0.25) is 0 Å². The molecule has 1 atom stereocenters. The van der Waals surface area contributed by atoms with Gasteiger partial charge < -0.3 is 24.4 Å². The summed E-state index contributed by atoms with van der Waals surface area (Å²) < 4.78 is 11.2. The Morgan fingerprint density at radius 2 is 1.64 bits per heavy atom. The van der Waals surface area contributed by atoms with Gasteiger partial charge in [-0.3, -0.25) is 9.59 Å². The Morgan fingerprint density at radius 1 is 0.970 bits per heavy atom. The molecule has 1 unspecified atom stereocenters. The average Bonchev–Trinajstić information content (AvgIpc) is 3.45. The van der Waals surface area contributed by atoms with Crippen LogP contribution in [0.2, 0.25) is 0 Å². The minimum absolute atomic E-state index is 0.00876. The van der Waals surface area contributed by atoms with E-state index < -0.39 is 17.7 Å². The largest absolute Gasteiger partial charge is 0.507 e. The minimum atomic E-state index is -0.643. The third-order valence-electron chi connectivity index (χ3n) is 6.74. The van der Waals surface area contributed by atoms with Crippen molar-refractivity contribution in [3.05, 3.63) is 59.2 Å². The van der Waals surface area contributed by atoms with Crippen LogP contribution in [0.25, 0.3) is 5.76 Å². The van der Waals surface area contributed by atoms with E-state index in [4.69, 9.17) is 9.47 Å². The first-order valence-corrected chi connectivity index (χ1v) is 11.4. The van der Waals surface area contributed by atoms with Crippen molar-refractivity contribution in [2.45, 2.75) is 37.8 Å². The van der Waals surface area contributed by atoms with Crippen LogP contribution >= 0.6 is 0 Å². The van der Waals surface area contributed by atoms with Gasteiger partial charge in [0.25, 0.3) is 11.7 Å². The molecule has 33 heavy (non-hydrogen) atoms. The van der Waals surface area contributed by atoms with Crippen molar-refractivity contribution in [3.8, 4) is 11.5 Å². The summed E-state index contributed by atoms with van der Waals surface area (Å²) in [6, 6.07) is 12.2. The lowest BCUT2D eigenvalue weighted by atomic mass is 9.94. The van der Waals surface area contributed by atoms with Crippen molar-refractivity contribution in [1.29, 1.82) is 0 Å². The van der Waals surface area contributed by atoms with Gasteiger partial charge in [-0.25, -0.2) is 0 Å². The molecule has 1 saturated heterocycles. The Kier molecular flexibility index (Phi) is 5.48. The first-order valence-electron chi connectivity index (χ1n) is 11.4. The summed E-state index contributed by atoms with van der Waals surface area (Å²) in [6.45, 7) is 0.884. The molecule has 0 spiro atoms. The van der Waals surface area contributed by atoms with Crippen molar-refractivity contribution in [2.24, 2.45) is 0 Å². The van der Waals surface area contributed by atoms with E-state index in [2.05, 4.69) is 0 Å². The van der Waals surface area contributed by atoms with Crippen molar-refractivity contribution < 1.29 is 24.2 Å². The third-order valence-corrected chi connectivity index (χ3v) is 6.74. The summed E-state index contributed by atoms with van der Waals surface area (Å²) >= 11 is 0. The highest BCUT2D eigenvalue weighted by Gasteiger charge is 2.49. The number of carbonyl (C=O) groups is 2. The van der Waals surface area contributed by atoms with Gasteiger partial charge in [-0.1, -0.05) is 25.0 Å². The standard InChI is InChI=1S/C26H28N2O5/c1-27(2)18-10-7-16(8-11-18)23-22(25(30)26(31)28(23)19-5-3-4-6-19)24(29)17-9-12-20-21(15-17)33-14-13-32-20/h7-12,15,19,23,29H,3-6,13-14H2,1-2H3/b24-22-. The van der Waals surface area contributed by atoms with Crippen LogP contribution in [-0.2, 0) is 9.59 Å². The lowest BCUT2D eigenvalue weighted by Gasteiger charge is -2.31. The van der Waals surface area contributed by atoms with Crippen molar-refractivity contribution >= 4 is 23.1 Å².